The maximum absolute atomic E-state index is 11.5. The van der Waals surface area contributed by atoms with E-state index < -0.39 is 0 Å². The molecule has 4 nitrogen and oxygen atoms in total. The number of rotatable bonds is 2. The maximum atomic E-state index is 11.5. The van der Waals surface area contributed by atoms with Crippen molar-refractivity contribution in [1.29, 1.82) is 0 Å². The van der Waals surface area contributed by atoms with Crippen LogP contribution in [0.3, 0.4) is 0 Å². The molecule has 4 heteroatoms. The number of nitrogens with zero attached hydrogens (tertiary/aromatic N) is 1. The highest BCUT2D eigenvalue weighted by atomic mass is 16.3. The Morgan fingerprint density at radius 3 is 2.62 bits per heavy atom. The van der Waals surface area contributed by atoms with E-state index in [-0.39, 0.29) is 11.7 Å². The summed E-state index contributed by atoms with van der Waals surface area (Å²) in [4.78, 5) is 11.5. The smallest absolute Gasteiger partial charge is 0.271 e. The third-order valence-electron chi connectivity index (χ3n) is 1.77. The van der Waals surface area contributed by atoms with E-state index in [4.69, 9.17) is 0 Å². The van der Waals surface area contributed by atoms with Crippen molar-refractivity contribution in [3.05, 3.63) is 29.8 Å². The summed E-state index contributed by atoms with van der Waals surface area (Å²) in [6, 6.07) is 6.43. The van der Waals surface area contributed by atoms with E-state index in [1.807, 2.05) is 0 Å². The number of hydrogen-bond donors (Lipinski definition) is 2. The predicted octanol–water partition coefficient (Wildman–Crippen LogP) is 0.599. The fourth-order valence-corrected chi connectivity index (χ4v) is 0.937. The zero-order valence-electron chi connectivity index (χ0n) is 7.61. The number of aromatic hydroxyl groups is 1. The molecule has 0 saturated carbocycles. The van der Waals surface area contributed by atoms with Crippen molar-refractivity contribution in [1.82, 2.24) is 10.4 Å². The SMILES string of the molecule is CNN(C)C(=O)c1ccccc1O. The fourth-order valence-electron chi connectivity index (χ4n) is 0.937. The number of hydrazine groups is 1. The molecule has 0 bridgehead atoms. The number of benzene rings is 1. The van der Waals surface area contributed by atoms with Crippen LogP contribution in [0.15, 0.2) is 24.3 Å². The molecule has 0 fully saturated rings. The molecule has 0 aliphatic rings. The summed E-state index contributed by atoms with van der Waals surface area (Å²) in [6.45, 7) is 0. The summed E-state index contributed by atoms with van der Waals surface area (Å²) in [5.74, 6) is -0.268. The topological polar surface area (TPSA) is 52.6 Å². The van der Waals surface area contributed by atoms with Gasteiger partial charge in [0, 0.05) is 14.1 Å². The van der Waals surface area contributed by atoms with Crippen molar-refractivity contribution in [3.63, 3.8) is 0 Å². The Bertz CT molecular complexity index is 312. The van der Waals surface area contributed by atoms with Crippen molar-refractivity contribution in [3.8, 4) is 5.75 Å². The fraction of sp³-hybridized carbons (Fsp3) is 0.222. The minimum Gasteiger partial charge on any atom is -0.507 e. The predicted molar refractivity (Wildman–Crippen MR) is 49.3 cm³/mol. The molecule has 70 valence electrons. The first-order valence-corrected chi connectivity index (χ1v) is 3.90. The van der Waals surface area contributed by atoms with Crippen molar-refractivity contribution >= 4 is 5.91 Å². The van der Waals surface area contributed by atoms with Crippen LogP contribution in [0.2, 0.25) is 0 Å². The Kier molecular flexibility index (Phi) is 2.87. The molecule has 0 saturated heterocycles. The molecule has 1 aromatic rings. The number of hydrogen-bond acceptors (Lipinski definition) is 3. The second-order valence-electron chi connectivity index (χ2n) is 2.60. The van der Waals surface area contributed by atoms with Crippen LogP contribution in [0.25, 0.3) is 0 Å². The maximum Gasteiger partial charge on any atom is 0.271 e. The van der Waals surface area contributed by atoms with E-state index in [0.717, 1.165) is 0 Å². The first-order valence-electron chi connectivity index (χ1n) is 3.90. The minimum atomic E-state index is -0.263. The highest BCUT2D eigenvalue weighted by Gasteiger charge is 2.13. The molecule has 0 spiro atoms. The van der Waals surface area contributed by atoms with Gasteiger partial charge in [0.25, 0.3) is 5.91 Å². The van der Waals surface area contributed by atoms with Crippen LogP contribution in [-0.2, 0) is 0 Å². The van der Waals surface area contributed by atoms with Crippen LogP contribution in [-0.4, -0.2) is 30.1 Å². The quantitative estimate of drug-likeness (QED) is 0.655. The second kappa shape index (κ2) is 3.91. The molecular formula is C9H12N2O2. The van der Waals surface area contributed by atoms with Gasteiger partial charge in [-0.2, -0.15) is 0 Å². The van der Waals surface area contributed by atoms with Gasteiger partial charge in [-0.05, 0) is 12.1 Å². The van der Waals surface area contributed by atoms with Crippen LogP contribution in [0.5, 0.6) is 5.75 Å². The Labute approximate surface area is 76.8 Å². The van der Waals surface area contributed by atoms with E-state index in [0.29, 0.717) is 5.56 Å². The third-order valence-corrected chi connectivity index (χ3v) is 1.77. The van der Waals surface area contributed by atoms with E-state index in [1.165, 1.54) is 11.1 Å². The Hall–Kier alpha value is -1.55. The van der Waals surface area contributed by atoms with Crippen molar-refractivity contribution in [2.75, 3.05) is 14.1 Å². The molecule has 1 rings (SSSR count). The van der Waals surface area contributed by atoms with Gasteiger partial charge in [-0.15, -0.1) is 0 Å². The lowest BCUT2D eigenvalue weighted by molar-refractivity contribution is 0.0732. The molecule has 0 atom stereocenters. The van der Waals surface area contributed by atoms with Gasteiger partial charge in [0.1, 0.15) is 5.75 Å². The van der Waals surface area contributed by atoms with E-state index in [1.54, 1.807) is 32.3 Å². The molecule has 0 aliphatic heterocycles. The normalized spacial score (nSPS) is 9.69. The number of carbonyl (C=O) groups is 1. The van der Waals surface area contributed by atoms with Crippen LogP contribution in [0.4, 0.5) is 0 Å². The molecule has 0 radical (unpaired) electrons. The summed E-state index contributed by atoms with van der Waals surface area (Å²) in [6.07, 6.45) is 0. The van der Waals surface area contributed by atoms with Gasteiger partial charge in [-0.1, -0.05) is 12.1 Å². The number of nitrogens with one attached hydrogen (secondary N) is 1. The summed E-state index contributed by atoms with van der Waals surface area (Å²) in [7, 11) is 3.23. The molecule has 0 heterocycles. The van der Waals surface area contributed by atoms with Crippen molar-refractivity contribution in [2.45, 2.75) is 0 Å². The number of amides is 1. The lowest BCUT2D eigenvalue weighted by Crippen LogP contribution is -2.36. The molecule has 13 heavy (non-hydrogen) atoms. The number of carbonyl (C=O) groups excluding carboxylic acids is 1. The summed E-state index contributed by atoms with van der Waals surface area (Å²) >= 11 is 0. The zero-order valence-corrected chi connectivity index (χ0v) is 7.61. The highest BCUT2D eigenvalue weighted by molar-refractivity contribution is 5.96. The molecule has 1 amide bonds. The van der Waals surface area contributed by atoms with Gasteiger partial charge in [0.05, 0.1) is 5.56 Å². The minimum absolute atomic E-state index is 0.00500. The van der Waals surface area contributed by atoms with Crippen molar-refractivity contribution < 1.29 is 9.90 Å². The first-order chi connectivity index (χ1) is 6.16. The van der Waals surface area contributed by atoms with Gasteiger partial charge >= 0.3 is 0 Å². The molecule has 2 N–H and O–H groups in total. The molecular weight excluding hydrogens is 168 g/mol. The molecule has 0 aliphatic carbocycles. The van der Waals surface area contributed by atoms with Gasteiger partial charge in [0.15, 0.2) is 0 Å². The Morgan fingerprint density at radius 1 is 1.46 bits per heavy atom. The van der Waals surface area contributed by atoms with Gasteiger partial charge < -0.3 is 5.11 Å². The van der Waals surface area contributed by atoms with E-state index in [9.17, 15) is 9.90 Å². The van der Waals surface area contributed by atoms with Crippen LogP contribution < -0.4 is 5.43 Å². The standard InChI is InChI=1S/C9H12N2O2/c1-10-11(2)9(13)7-5-3-4-6-8(7)12/h3-6,10,12H,1-2H3. The zero-order chi connectivity index (χ0) is 9.84. The highest BCUT2D eigenvalue weighted by Crippen LogP contribution is 2.16. The van der Waals surface area contributed by atoms with Gasteiger partial charge in [-0.25, -0.2) is 5.43 Å². The summed E-state index contributed by atoms with van der Waals surface area (Å²) in [5.41, 5.74) is 2.95. The number of phenols is 1. The average molecular weight is 180 g/mol. The number of para-hydroxylation sites is 1. The molecule has 0 unspecified atom stereocenters. The van der Waals surface area contributed by atoms with Crippen LogP contribution >= 0.6 is 0 Å². The molecule has 0 aromatic heterocycles. The second-order valence-corrected chi connectivity index (χ2v) is 2.60. The van der Waals surface area contributed by atoms with E-state index in [2.05, 4.69) is 5.43 Å². The largest absolute Gasteiger partial charge is 0.507 e. The monoisotopic (exact) mass is 180 g/mol. The van der Waals surface area contributed by atoms with Gasteiger partial charge in [-0.3, -0.25) is 9.80 Å². The lowest BCUT2D eigenvalue weighted by atomic mass is 10.2. The molecule has 1 aromatic carbocycles. The Morgan fingerprint density at radius 2 is 2.08 bits per heavy atom. The summed E-state index contributed by atoms with van der Waals surface area (Å²) in [5, 5.41) is 10.7. The van der Waals surface area contributed by atoms with Crippen LogP contribution in [0, 0.1) is 0 Å². The summed E-state index contributed by atoms with van der Waals surface area (Å²) < 4.78 is 0. The van der Waals surface area contributed by atoms with Crippen LogP contribution in [0.1, 0.15) is 10.4 Å². The average Bonchev–Trinajstić information content (AvgIpc) is 2.16. The lowest BCUT2D eigenvalue weighted by Gasteiger charge is -2.15. The third kappa shape index (κ3) is 1.97. The Balaban J connectivity index is 2.95. The van der Waals surface area contributed by atoms with Gasteiger partial charge in [0.2, 0.25) is 0 Å². The first kappa shape index (κ1) is 9.54. The van der Waals surface area contributed by atoms with Crippen molar-refractivity contribution in [2.24, 2.45) is 0 Å². The number of phenolic OH excluding ortho intramolecular Hbond substituents is 1. The van der Waals surface area contributed by atoms with E-state index >= 15 is 0 Å².